The van der Waals surface area contributed by atoms with E-state index in [2.05, 4.69) is 29.0 Å². The van der Waals surface area contributed by atoms with Gasteiger partial charge in [-0.2, -0.15) is 0 Å². The van der Waals surface area contributed by atoms with Gasteiger partial charge in [0.1, 0.15) is 5.56 Å². The maximum atomic E-state index is 13.7. The van der Waals surface area contributed by atoms with E-state index in [4.69, 9.17) is 5.11 Å². The van der Waals surface area contributed by atoms with Gasteiger partial charge in [0.15, 0.2) is 11.6 Å². The number of likely N-dealkylation sites (N-methyl/N-ethyl adjacent to an activating group) is 1. The van der Waals surface area contributed by atoms with Gasteiger partial charge in [0, 0.05) is 25.3 Å². The lowest BCUT2D eigenvalue weighted by Crippen LogP contribution is -2.31. The van der Waals surface area contributed by atoms with E-state index in [1.165, 1.54) is 6.20 Å². The highest BCUT2D eigenvalue weighted by Gasteiger charge is 2.14. The second kappa shape index (κ2) is 6.30. The predicted octanol–water partition coefficient (Wildman–Crippen LogP) is 1.67. The molecule has 0 aliphatic rings. The number of pyridine rings is 1. The van der Waals surface area contributed by atoms with E-state index in [9.17, 15) is 9.18 Å². The molecule has 0 fully saturated rings. The zero-order valence-corrected chi connectivity index (χ0v) is 10.8. The number of aromatic carboxylic acids is 1. The van der Waals surface area contributed by atoms with E-state index < -0.39 is 11.8 Å². The van der Waals surface area contributed by atoms with Gasteiger partial charge in [0.2, 0.25) is 0 Å². The number of nitrogens with zero attached hydrogens (tertiary/aromatic N) is 2. The fourth-order valence-corrected chi connectivity index (χ4v) is 1.34. The maximum absolute atomic E-state index is 13.7. The Kier molecular flexibility index (Phi) is 5.03. The summed E-state index contributed by atoms with van der Waals surface area (Å²) >= 11 is 0. The van der Waals surface area contributed by atoms with Crippen LogP contribution in [0.4, 0.5) is 10.2 Å². The van der Waals surface area contributed by atoms with Gasteiger partial charge in [0.05, 0.1) is 0 Å². The molecule has 0 aliphatic carbocycles. The summed E-state index contributed by atoms with van der Waals surface area (Å²) in [5, 5.41) is 11.6. The Morgan fingerprint density at radius 1 is 1.61 bits per heavy atom. The van der Waals surface area contributed by atoms with Crippen molar-refractivity contribution in [3.05, 3.63) is 23.6 Å². The van der Waals surface area contributed by atoms with Crippen LogP contribution < -0.4 is 5.32 Å². The molecule has 18 heavy (non-hydrogen) atoms. The highest BCUT2D eigenvalue weighted by Crippen LogP contribution is 2.14. The van der Waals surface area contributed by atoms with Crippen LogP contribution in [-0.2, 0) is 0 Å². The number of carbonyl (C=O) groups is 1. The third kappa shape index (κ3) is 3.66. The van der Waals surface area contributed by atoms with E-state index in [0.717, 1.165) is 12.6 Å². The van der Waals surface area contributed by atoms with Crippen LogP contribution in [0.15, 0.2) is 12.3 Å². The minimum Gasteiger partial charge on any atom is -0.478 e. The number of hydrogen-bond acceptors (Lipinski definition) is 4. The van der Waals surface area contributed by atoms with Gasteiger partial charge >= 0.3 is 5.97 Å². The molecule has 1 aromatic rings. The summed E-state index contributed by atoms with van der Waals surface area (Å²) in [4.78, 5) is 16.6. The predicted molar refractivity (Wildman–Crippen MR) is 67.4 cm³/mol. The van der Waals surface area contributed by atoms with Crippen molar-refractivity contribution < 1.29 is 14.3 Å². The second-order valence-corrected chi connectivity index (χ2v) is 4.33. The fraction of sp³-hybridized carbons (Fsp3) is 0.500. The van der Waals surface area contributed by atoms with Gasteiger partial charge in [-0.25, -0.2) is 14.2 Å². The summed E-state index contributed by atoms with van der Waals surface area (Å²) in [6.45, 7) is 5.34. The van der Waals surface area contributed by atoms with Gasteiger partial charge in [-0.3, -0.25) is 0 Å². The first kappa shape index (κ1) is 14.4. The van der Waals surface area contributed by atoms with Crippen LogP contribution in [0.3, 0.4) is 0 Å². The smallest absolute Gasteiger partial charge is 0.338 e. The summed E-state index contributed by atoms with van der Waals surface area (Å²) in [5.41, 5.74) is -0.371. The highest BCUT2D eigenvalue weighted by atomic mass is 19.1. The molecule has 0 atom stereocenters. The van der Waals surface area contributed by atoms with Crippen molar-refractivity contribution >= 4 is 11.8 Å². The molecular weight excluding hydrogens is 237 g/mol. The number of hydrogen-bond donors (Lipinski definition) is 2. The van der Waals surface area contributed by atoms with Crippen molar-refractivity contribution in [3.63, 3.8) is 0 Å². The normalized spacial score (nSPS) is 11.0. The lowest BCUT2D eigenvalue weighted by atomic mass is 10.2. The van der Waals surface area contributed by atoms with Crippen molar-refractivity contribution in [2.45, 2.75) is 19.9 Å². The summed E-state index contributed by atoms with van der Waals surface area (Å²) in [6, 6.07) is 1.54. The number of rotatable bonds is 6. The molecule has 100 valence electrons. The van der Waals surface area contributed by atoms with Gasteiger partial charge in [-0.05, 0) is 27.0 Å². The third-order valence-corrected chi connectivity index (χ3v) is 2.76. The Hall–Kier alpha value is -1.69. The molecule has 0 saturated carbocycles. The lowest BCUT2D eigenvalue weighted by molar-refractivity contribution is 0.0692. The molecule has 0 aliphatic heterocycles. The zero-order chi connectivity index (χ0) is 13.7. The van der Waals surface area contributed by atoms with Crippen molar-refractivity contribution in [2.24, 2.45) is 0 Å². The number of aromatic nitrogens is 1. The number of halogens is 1. The lowest BCUT2D eigenvalue weighted by Gasteiger charge is -2.21. The molecule has 1 aromatic heterocycles. The summed E-state index contributed by atoms with van der Waals surface area (Å²) < 4.78 is 13.7. The Balaban J connectivity index is 2.63. The van der Waals surface area contributed by atoms with Crippen LogP contribution in [0.25, 0.3) is 0 Å². The first-order valence-electron chi connectivity index (χ1n) is 5.75. The first-order chi connectivity index (χ1) is 8.43. The molecule has 1 heterocycles. The minimum absolute atomic E-state index is 0.0212. The molecule has 0 amide bonds. The molecular formula is C12H18FN3O2. The molecule has 0 bridgehead atoms. The first-order valence-corrected chi connectivity index (χ1v) is 5.75. The quantitative estimate of drug-likeness (QED) is 0.809. The summed E-state index contributed by atoms with van der Waals surface area (Å²) in [6.07, 6.45) is 1.28. The SMILES string of the molecule is CC(C)N(C)CCNc1nccc(C(=O)O)c1F. The molecule has 0 radical (unpaired) electrons. The van der Waals surface area contributed by atoms with Crippen molar-refractivity contribution in [3.8, 4) is 0 Å². The molecule has 0 aromatic carbocycles. The van der Waals surface area contributed by atoms with E-state index in [-0.39, 0.29) is 11.4 Å². The Morgan fingerprint density at radius 2 is 2.28 bits per heavy atom. The molecule has 2 N–H and O–H groups in total. The third-order valence-electron chi connectivity index (χ3n) is 2.76. The van der Waals surface area contributed by atoms with Gasteiger partial charge in [0.25, 0.3) is 0 Å². The van der Waals surface area contributed by atoms with Crippen LogP contribution in [0, 0.1) is 5.82 Å². The summed E-state index contributed by atoms with van der Waals surface area (Å²) in [5.74, 6) is -2.14. The van der Waals surface area contributed by atoms with E-state index >= 15 is 0 Å². The largest absolute Gasteiger partial charge is 0.478 e. The van der Waals surface area contributed by atoms with Crippen LogP contribution in [0.2, 0.25) is 0 Å². The van der Waals surface area contributed by atoms with Crippen LogP contribution in [0.1, 0.15) is 24.2 Å². The average molecular weight is 255 g/mol. The Bertz CT molecular complexity index is 424. The van der Waals surface area contributed by atoms with Gasteiger partial charge in [-0.1, -0.05) is 0 Å². The molecule has 6 heteroatoms. The molecule has 0 unspecified atom stereocenters. The van der Waals surface area contributed by atoms with E-state index in [1.54, 1.807) is 0 Å². The van der Waals surface area contributed by atoms with E-state index in [0.29, 0.717) is 12.6 Å². The summed E-state index contributed by atoms with van der Waals surface area (Å²) in [7, 11) is 1.96. The fourth-order valence-electron chi connectivity index (χ4n) is 1.34. The highest BCUT2D eigenvalue weighted by molar-refractivity contribution is 5.88. The van der Waals surface area contributed by atoms with Gasteiger partial charge < -0.3 is 15.3 Å². The number of carboxylic acid groups (broad SMARTS) is 1. The van der Waals surface area contributed by atoms with Crippen molar-refractivity contribution in [1.82, 2.24) is 9.88 Å². The van der Waals surface area contributed by atoms with Crippen molar-refractivity contribution in [1.29, 1.82) is 0 Å². The minimum atomic E-state index is -1.29. The topological polar surface area (TPSA) is 65.5 Å². The molecule has 5 nitrogen and oxygen atoms in total. The van der Waals surface area contributed by atoms with Crippen LogP contribution in [-0.4, -0.2) is 47.1 Å². The number of nitrogens with one attached hydrogen (secondary N) is 1. The second-order valence-electron chi connectivity index (χ2n) is 4.33. The molecule has 0 saturated heterocycles. The number of anilines is 1. The van der Waals surface area contributed by atoms with Gasteiger partial charge in [-0.15, -0.1) is 0 Å². The Labute approximate surface area is 106 Å². The monoisotopic (exact) mass is 255 g/mol. The maximum Gasteiger partial charge on any atom is 0.338 e. The Morgan fingerprint density at radius 3 is 2.83 bits per heavy atom. The standard InChI is InChI=1S/C12H18FN3O2/c1-8(2)16(3)7-6-15-11-10(13)9(12(17)18)4-5-14-11/h4-5,8H,6-7H2,1-3H3,(H,14,15)(H,17,18). The average Bonchev–Trinajstić information content (AvgIpc) is 2.30. The van der Waals surface area contributed by atoms with Crippen molar-refractivity contribution in [2.75, 3.05) is 25.5 Å². The van der Waals surface area contributed by atoms with Crippen LogP contribution >= 0.6 is 0 Å². The molecule has 1 rings (SSSR count). The van der Waals surface area contributed by atoms with E-state index in [1.807, 2.05) is 7.05 Å². The number of carboxylic acids is 1. The zero-order valence-electron chi connectivity index (χ0n) is 10.8. The van der Waals surface area contributed by atoms with Crippen LogP contribution in [0.5, 0.6) is 0 Å². The molecule has 0 spiro atoms.